The molecular weight excluding hydrogens is 292 g/mol. The molecule has 22 heavy (non-hydrogen) atoms. The molecule has 2 aromatic rings. The second-order valence-electron chi connectivity index (χ2n) is 5.94. The summed E-state index contributed by atoms with van der Waals surface area (Å²) in [6.07, 6.45) is 2.19. The van der Waals surface area contributed by atoms with Gasteiger partial charge in [-0.15, -0.1) is 11.3 Å². The summed E-state index contributed by atoms with van der Waals surface area (Å²) in [6.45, 7) is 3.77. The Morgan fingerprint density at radius 3 is 2.68 bits per heavy atom. The van der Waals surface area contributed by atoms with Gasteiger partial charge in [0.15, 0.2) is 0 Å². The van der Waals surface area contributed by atoms with Crippen LogP contribution in [0.3, 0.4) is 0 Å². The first-order chi connectivity index (χ1) is 10.7. The van der Waals surface area contributed by atoms with Gasteiger partial charge in [0.05, 0.1) is 4.88 Å². The molecule has 1 aromatic carbocycles. The van der Waals surface area contributed by atoms with E-state index in [0.29, 0.717) is 12.6 Å². The number of nitrogens with one attached hydrogen (secondary N) is 1. The van der Waals surface area contributed by atoms with Crippen LogP contribution in [0.2, 0.25) is 0 Å². The van der Waals surface area contributed by atoms with Gasteiger partial charge in [-0.2, -0.15) is 0 Å². The molecule has 1 aliphatic rings. The van der Waals surface area contributed by atoms with Crippen molar-refractivity contribution in [2.75, 3.05) is 6.54 Å². The SMILES string of the molecule is CC1CC[C@@H](N(Cc2ccccc2)C(=O)c2cccs2)CN1. The van der Waals surface area contributed by atoms with Crippen molar-refractivity contribution in [3.63, 3.8) is 0 Å². The van der Waals surface area contributed by atoms with Crippen LogP contribution >= 0.6 is 11.3 Å². The number of hydrogen-bond acceptors (Lipinski definition) is 3. The highest BCUT2D eigenvalue weighted by atomic mass is 32.1. The van der Waals surface area contributed by atoms with Gasteiger partial charge in [-0.3, -0.25) is 4.79 Å². The number of nitrogens with zero attached hydrogens (tertiary/aromatic N) is 1. The summed E-state index contributed by atoms with van der Waals surface area (Å²) < 4.78 is 0. The molecule has 0 bridgehead atoms. The summed E-state index contributed by atoms with van der Waals surface area (Å²) >= 11 is 1.52. The predicted molar refractivity (Wildman–Crippen MR) is 91.1 cm³/mol. The molecule has 1 saturated heterocycles. The third-order valence-corrected chi connectivity index (χ3v) is 5.12. The van der Waals surface area contributed by atoms with E-state index in [1.807, 2.05) is 40.6 Å². The lowest BCUT2D eigenvalue weighted by molar-refractivity contribution is 0.0622. The minimum absolute atomic E-state index is 0.153. The van der Waals surface area contributed by atoms with E-state index in [2.05, 4.69) is 24.4 Å². The largest absolute Gasteiger partial charge is 0.329 e. The summed E-state index contributed by atoms with van der Waals surface area (Å²) in [6, 6.07) is 14.9. The Labute approximate surface area is 136 Å². The van der Waals surface area contributed by atoms with Gasteiger partial charge in [0.1, 0.15) is 0 Å². The fourth-order valence-corrected chi connectivity index (χ4v) is 3.62. The average Bonchev–Trinajstić information content (AvgIpc) is 3.08. The van der Waals surface area contributed by atoms with E-state index in [9.17, 15) is 4.79 Å². The number of amides is 1. The minimum atomic E-state index is 0.153. The van der Waals surface area contributed by atoms with Crippen molar-refractivity contribution >= 4 is 17.2 Å². The van der Waals surface area contributed by atoms with Crippen LogP contribution in [0.15, 0.2) is 47.8 Å². The lowest BCUT2D eigenvalue weighted by Gasteiger charge is -2.36. The summed E-state index contributed by atoms with van der Waals surface area (Å²) in [7, 11) is 0. The fraction of sp³-hybridized carbons (Fsp3) is 0.389. The van der Waals surface area contributed by atoms with Gasteiger partial charge in [0.25, 0.3) is 5.91 Å². The van der Waals surface area contributed by atoms with Gasteiger partial charge in [0.2, 0.25) is 0 Å². The predicted octanol–water partition coefficient (Wildman–Crippen LogP) is 3.53. The van der Waals surface area contributed by atoms with Crippen LogP contribution in [0.25, 0.3) is 0 Å². The second-order valence-corrected chi connectivity index (χ2v) is 6.88. The van der Waals surface area contributed by atoms with Crippen LogP contribution in [0.1, 0.15) is 35.0 Å². The quantitative estimate of drug-likeness (QED) is 0.936. The molecule has 4 heteroatoms. The van der Waals surface area contributed by atoms with E-state index in [0.717, 1.165) is 24.3 Å². The normalized spacial score (nSPS) is 21.5. The molecule has 3 rings (SSSR count). The van der Waals surface area contributed by atoms with Crippen molar-refractivity contribution in [1.29, 1.82) is 0 Å². The lowest BCUT2D eigenvalue weighted by atomic mass is 9.99. The van der Waals surface area contributed by atoms with E-state index in [4.69, 9.17) is 0 Å². The highest BCUT2D eigenvalue weighted by Gasteiger charge is 2.28. The minimum Gasteiger partial charge on any atom is -0.329 e. The van der Waals surface area contributed by atoms with Crippen molar-refractivity contribution in [1.82, 2.24) is 10.2 Å². The van der Waals surface area contributed by atoms with E-state index >= 15 is 0 Å². The first-order valence-electron chi connectivity index (χ1n) is 7.86. The fourth-order valence-electron chi connectivity index (χ4n) is 2.94. The molecule has 1 fully saturated rings. The highest BCUT2D eigenvalue weighted by molar-refractivity contribution is 7.12. The Bertz CT molecular complexity index is 589. The molecule has 1 aromatic heterocycles. The zero-order valence-corrected chi connectivity index (χ0v) is 13.7. The number of carbonyl (C=O) groups excluding carboxylic acids is 1. The molecule has 3 nitrogen and oxygen atoms in total. The maximum absolute atomic E-state index is 12.9. The molecule has 0 saturated carbocycles. The van der Waals surface area contributed by atoms with E-state index in [1.165, 1.54) is 16.9 Å². The molecule has 1 aliphatic heterocycles. The smallest absolute Gasteiger partial charge is 0.264 e. The van der Waals surface area contributed by atoms with Crippen molar-refractivity contribution in [2.24, 2.45) is 0 Å². The number of thiophene rings is 1. The second kappa shape index (κ2) is 7.07. The first kappa shape index (κ1) is 15.3. The Balaban J connectivity index is 1.80. The Hall–Kier alpha value is -1.65. The van der Waals surface area contributed by atoms with Gasteiger partial charge in [-0.05, 0) is 36.8 Å². The van der Waals surface area contributed by atoms with E-state index in [-0.39, 0.29) is 11.9 Å². The third kappa shape index (κ3) is 3.57. The summed E-state index contributed by atoms with van der Waals surface area (Å²) in [5.74, 6) is 0.153. The Morgan fingerprint density at radius 2 is 2.05 bits per heavy atom. The van der Waals surface area contributed by atoms with Gasteiger partial charge >= 0.3 is 0 Å². The van der Waals surface area contributed by atoms with Crippen LogP contribution in [0.4, 0.5) is 0 Å². The number of piperidine rings is 1. The number of benzene rings is 1. The molecule has 116 valence electrons. The van der Waals surface area contributed by atoms with Crippen LogP contribution in [0.5, 0.6) is 0 Å². The monoisotopic (exact) mass is 314 g/mol. The zero-order valence-electron chi connectivity index (χ0n) is 12.9. The molecule has 0 spiro atoms. The molecule has 2 heterocycles. The Morgan fingerprint density at radius 1 is 1.23 bits per heavy atom. The maximum atomic E-state index is 12.9. The number of rotatable bonds is 4. The topological polar surface area (TPSA) is 32.3 Å². The van der Waals surface area contributed by atoms with Crippen LogP contribution in [-0.2, 0) is 6.54 Å². The van der Waals surface area contributed by atoms with Crippen LogP contribution in [-0.4, -0.2) is 29.4 Å². The zero-order chi connectivity index (χ0) is 15.4. The molecule has 1 unspecified atom stereocenters. The maximum Gasteiger partial charge on any atom is 0.264 e. The molecule has 2 atom stereocenters. The molecule has 0 aliphatic carbocycles. The van der Waals surface area contributed by atoms with E-state index < -0.39 is 0 Å². The average molecular weight is 314 g/mol. The number of hydrogen-bond donors (Lipinski definition) is 1. The van der Waals surface area contributed by atoms with Crippen LogP contribution in [0, 0.1) is 0 Å². The summed E-state index contributed by atoms with van der Waals surface area (Å²) in [4.78, 5) is 15.8. The molecule has 1 N–H and O–H groups in total. The molecule has 1 amide bonds. The van der Waals surface area contributed by atoms with Gasteiger partial charge in [-0.25, -0.2) is 0 Å². The van der Waals surface area contributed by atoms with Gasteiger partial charge in [0, 0.05) is 25.2 Å². The van der Waals surface area contributed by atoms with Gasteiger partial charge < -0.3 is 10.2 Å². The summed E-state index contributed by atoms with van der Waals surface area (Å²) in [5.41, 5.74) is 1.19. The van der Waals surface area contributed by atoms with Crippen molar-refractivity contribution in [3.8, 4) is 0 Å². The third-order valence-electron chi connectivity index (χ3n) is 4.26. The van der Waals surface area contributed by atoms with Crippen LogP contribution < -0.4 is 5.32 Å². The molecule has 0 radical (unpaired) electrons. The number of carbonyl (C=O) groups is 1. The first-order valence-corrected chi connectivity index (χ1v) is 8.74. The standard InChI is InChI=1S/C18H22N2OS/c1-14-9-10-16(12-19-14)20(13-15-6-3-2-4-7-15)18(21)17-8-5-11-22-17/h2-8,11,14,16,19H,9-10,12-13H2,1H3/t14?,16-/m1/s1. The highest BCUT2D eigenvalue weighted by Crippen LogP contribution is 2.21. The van der Waals surface area contributed by atoms with Crippen molar-refractivity contribution < 1.29 is 4.79 Å². The Kier molecular flexibility index (Phi) is 4.90. The van der Waals surface area contributed by atoms with E-state index in [1.54, 1.807) is 0 Å². The lowest BCUT2D eigenvalue weighted by Crippen LogP contribution is -2.50. The van der Waals surface area contributed by atoms with Gasteiger partial charge in [-0.1, -0.05) is 36.4 Å². The summed E-state index contributed by atoms with van der Waals surface area (Å²) in [5, 5.41) is 5.48. The molecular formula is C18H22N2OS. The van der Waals surface area contributed by atoms with Crippen molar-refractivity contribution in [2.45, 2.75) is 38.4 Å². The van der Waals surface area contributed by atoms with Crippen molar-refractivity contribution in [3.05, 3.63) is 58.3 Å².